The Kier molecular flexibility index (Phi) is 5.59. The number of nitrogens with two attached hydrogens (primary N) is 1. The second-order valence-corrected chi connectivity index (χ2v) is 5.96. The van der Waals surface area contributed by atoms with E-state index in [2.05, 4.69) is 10.0 Å². The molecule has 7 heteroatoms. The molecule has 0 amide bonds. The van der Waals surface area contributed by atoms with Gasteiger partial charge in [0.15, 0.2) is 0 Å². The Hall–Kier alpha value is -1.31. The number of nitrogen functional groups attached to an aromatic ring is 1. The molecular formula is C12H21N3O3S. The van der Waals surface area contributed by atoms with Crippen LogP contribution in [0.15, 0.2) is 23.1 Å². The maximum absolute atomic E-state index is 11.9. The zero-order valence-corrected chi connectivity index (χ0v) is 12.0. The lowest BCUT2D eigenvalue weighted by atomic mass is 10.2. The molecule has 0 aliphatic rings. The molecule has 0 aromatic heterocycles. The quantitative estimate of drug-likeness (QED) is 0.554. The first kappa shape index (κ1) is 15.7. The molecule has 0 aliphatic carbocycles. The molecule has 19 heavy (non-hydrogen) atoms. The van der Waals surface area contributed by atoms with E-state index in [1.54, 1.807) is 6.92 Å². The van der Waals surface area contributed by atoms with Gasteiger partial charge in [-0.15, -0.1) is 0 Å². The number of hydrogen-bond acceptors (Lipinski definition) is 5. The fraction of sp³-hybridized carbons (Fsp3) is 0.500. The van der Waals surface area contributed by atoms with E-state index < -0.39 is 16.1 Å². The topological polar surface area (TPSA) is 104 Å². The van der Waals surface area contributed by atoms with E-state index in [0.29, 0.717) is 30.9 Å². The highest BCUT2D eigenvalue weighted by Gasteiger charge is 2.14. The summed E-state index contributed by atoms with van der Waals surface area (Å²) in [6, 6.07) is 4.45. The zero-order chi connectivity index (χ0) is 14.5. The molecule has 108 valence electrons. The molecular weight excluding hydrogens is 266 g/mol. The van der Waals surface area contributed by atoms with Crippen molar-refractivity contribution in [3.05, 3.63) is 18.2 Å². The predicted octanol–water partition coefficient (Wildman–Crippen LogP) is 0.750. The van der Waals surface area contributed by atoms with Crippen LogP contribution in [0.3, 0.4) is 0 Å². The monoisotopic (exact) mass is 287 g/mol. The van der Waals surface area contributed by atoms with Gasteiger partial charge in [-0.1, -0.05) is 13.8 Å². The molecule has 0 bridgehead atoms. The van der Waals surface area contributed by atoms with Gasteiger partial charge < -0.3 is 16.2 Å². The van der Waals surface area contributed by atoms with Gasteiger partial charge in [0, 0.05) is 13.1 Å². The molecule has 1 atom stereocenters. The molecule has 0 aliphatic heterocycles. The Morgan fingerprint density at radius 3 is 2.63 bits per heavy atom. The Labute approximate surface area is 114 Å². The van der Waals surface area contributed by atoms with E-state index in [1.165, 1.54) is 18.2 Å². The number of benzene rings is 1. The summed E-state index contributed by atoms with van der Waals surface area (Å²) in [5, 5.41) is 12.4. The number of aliphatic hydroxyl groups is 1. The summed E-state index contributed by atoms with van der Waals surface area (Å²) in [6.07, 6.45) is 0.121. The average Bonchev–Trinajstić information content (AvgIpc) is 2.37. The fourth-order valence-corrected chi connectivity index (χ4v) is 2.57. The minimum absolute atomic E-state index is 0.150. The average molecular weight is 287 g/mol. The zero-order valence-electron chi connectivity index (χ0n) is 11.2. The Bertz CT molecular complexity index is 517. The smallest absolute Gasteiger partial charge is 0.240 e. The van der Waals surface area contributed by atoms with Gasteiger partial charge in [0.05, 0.1) is 22.4 Å². The summed E-state index contributed by atoms with van der Waals surface area (Å²) in [5.74, 6) is 0. The number of rotatable bonds is 7. The summed E-state index contributed by atoms with van der Waals surface area (Å²) in [6.45, 7) is 4.23. The third-order valence-electron chi connectivity index (χ3n) is 2.67. The van der Waals surface area contributed by atoms with Crippen molar-refractivity contribution in [1.82, 2.24) is 4.72 Å². The first-order chi connectivity index (χ1) is 8.90. The van der Waals surface area contributed by atoms with Crippen LogP contribution in [-0.4, -0.2) is 32.7 Å². The van der Waals surface area contributed by atoms with Crippen LogP contribution in [0, 0.1) is 0 Å². The van der Waals surface area contributed by atoms with E-state index in [4.69, 9.17) is 5.73 Å². The molecule has 6 nitrogen and oxygen atoms in total. The van der Waals surface area contributed by atoms with E-state index in [0.717, 1.165) is 0 Å². The summed E-state index contributed by atoms with van der Waals surface area (Å²) in [4.78, 5) is 0.150. The standard InChI is InChI=1S/C12H21N3O3S/c1-3-9(16)8-14-12-7-10(5-6-11(12)13)19(17,18)15-4-2/h5-7,9,14-16H,3-4,8,13H2,1-2H3. The maximum atomic E-state index is 11.9. The summed E-state index contributed by atoms with van der Waals surface area (Å²) >= 11 is 0. The molecule has 1 aromatic carbocycles. The second-order valence-electron chi connectivity index (χ2n) is 4.19. The highest BCUT2D eigenvalue weighted by atomic mass is 32.2. The second kappa shape index (κ2) is 6.74. The van der Waals surface area contributed by atoms with Gasteiger partial charge >= 0.3 is 0 Å². The predicted molar refractivity (Wildman–Crippen MR) is 76.5 cm³/mol. The summed E-state index contributed by atoms with van der Waals surface area (Å²) in [7, 11) is -3.50. The fourth-order valence-electron chi connectivity index (χ4n) is 1.50. The van der Waals surface area contributed by atoms with Crippen LogP contribution < -0.4 is 15.8 Å². The van der Waals surface area contributed by atoms with Gasteiger partial charge in [-0.3, -0.25) is 0 Å². The molecule has 1 rings (SSSR count). The van der Waals surface area contributed by atoms with E-state index in [-0.39, 0.29) is 4.90 Å². The maximum Gasteiger partial charge on any atom is 0.240 e. The van der Waals surface area contributed by atoms with Crippen molar-refractivity contribution >= 4 is 21.4 Å². The Morgan fingerprint density at radius 2 is 2.05 bits per heavy atom. The van der Waals surface area contributed by atoms with Crippen molar-refractivity contribution in [3.63, 3.8) is 0 Å². The third-order valence-corrected chi connectivity index (χ3v) is 4.21. The Morgan fingerprint density at radius 1 is 1.37 bits per heavy atom. The van der Waals surface area contributed by atoms with Crippen molar-refractivity contribution in [1.29, 1.82) is 0 Å². The molecule has 5 N–H and O–H groups in total. The third kappa shape index (κ3) is 4.38. The minimum Gasteiger partial charge on any atom is -0.397 e. The van der Waals surface area contributed by atoms with Crippen LogP contribution in [0.4, 0.5) is 11.4 Å². The molecule has 1 aromatic rings. The van der Waals surface area contributed by atoms with E-state index in [9.17, 15) is 13.5 Å². The van der Waals surface area contributed by atoms with Crippen molar-refractivity contribution in [3.8, 4) is 0 Å². The molecule has 0 fully saturated rings. The minimum atomic E-state index is -3.50. The van der Waals surface area contributed by atoms with Crippen LogP contribution in [0.5, 0.6) is 0 Å². The lowest BCUT2D eigenvalue weighted by Crippen LogP contribution is -2.23. The first-order valence-electron chi connectivity index (χ1n) is 6.21. The number of aliphatic hydroxyl groups excluding tert-OH is 1. The summed E-state index contributed by atoms with van der Waals surface area (Å²) in [5.41, 5.74) is 6.72. The van der Waals surface area contributed by atoms with Gasteiger partial charge in [0.25, 0.3) is 0 Å². The largest absolute Gasteiger partial charge is 0.397 e. The van der Waals surface area contributed by atoms with Crippen LogP contribution in [0.1, 0.15) is 20.3 Å². The molecule has 0 saturated heterocycles. The number of sulfonamides is 1. The van der Waals surface area contributed by atoms with Gasteiger partial charge in [-0.05, 0) is 24.6 Å². The number of nitrogens with one attached hydrogen (secondary N) is 2. The van der Waals surface area contributed by atoms with Crippen molar-refractivity contribution in [2.24, 2.45) is 0 Å². The highest BCUT2D eigenvalue weighted by Crippen LogP contribution is 2.22. The molecule has 0 saturated carbocycles. The van der Waals surface area contributed by atoms with Gasteiger partial charge in [-0.25, -0.2) is 13.1 Å². The van der Waals surface area contributed by atoms with Gasteiger partial charge in [0.1, 0.15) is 0 Å². The lowest BCUT2D eigenvalue weighted by molar-refractivity contribution is 0.183. The van der Waals surface area contributed by atoms with Crippen LogP contribution in [-0.2, 0) is 10.0 Å². The molecule has 0 heterocycles. The van der Waals surface area contributed by atoms with E-state index >= 15 is 0 Å². The van der Waals surface area contributed by atoms with Gasteiger partial charge in [0.2, 0.25) is 10.0 Å². The molecule has 1 unspecified atom stereocenters. The van der Waals surface area contributed by atoms with Crippen LogP contribution >= 0.6 is 0 Å². The SMILES string of the molecule is CCNS(=O)(=O)c1ccc(N)c(NCC(O)CC)c1. The normalized spacial score (nSPS) is 13.2. The number of anilines is 2. The Balaban J connectivity index is 2.94. The van der Waals surface area contributed by atoms with Crippen LogP contribution in [0.2, 0.25) is 0 Å². The van der Waals surface area contributed by atoms with E-state index in [1.807, 2.05) is 6.92 Å². The first-order valence-corrected chi connectivity index (χ1v) is 7.70. The molecule has 0 spiro atoms. The molecule has 0 radical (unpaired) electrons. The lowest BCUT2D eigenvalue weighted by Gasteiger charge is -2.14. The highest BCUT2D eigenvalue weighted by molar-refractivity contribution is 7.89. The van der Waals surface area contributed by atoms with Crippen molar-refractivity contribution < 1.29 is 13.5 Å². The van der Waals surface area contributed by atoms with Gasteiger partial charge in [-0.2, -0.15) is 0 Å². The summed E-state index contributed by atoms with van der Waals surface area (Å²) < 4.78 is 26.1. The van der Waals surface area contributed by atoms with Crippen LogP contribution in [0.25, 0.3) is 0 Å². The number of hydrogen-bond donors (Lipinski definition) is 4. The van der Waals surface area contributed by atoms with Crippen molar-refractivity contribution in [2.45, 2.75) is 31.3 Å². The van der Waals surface area contributed by atoms with Crippen molar-refractivity contribution in [2.75, 3.05) is 24.1 Å².